The van der Waals surface area contributed by atoms with E-state index in [1.807, 2.05) is 48.5 Å². The molecule has 27 heavy (non-hydrogen) atoms. The Balaban J connectivity index is 1.44. The van der Waals surface area contributed by atoms with Crippen molar-refractivity contribution in [1.29, 1.82) is 0 Å². The summed E-state index contributed by atoms with van der Waals surface area (Å²) in [6.45, 7) is 1.48. The zero-order valence-electron chi connectivity index (χ0n) is 15.2. The van der Waals surface area contributed by atoms with Crippen LogP contribution in [-0.4, -0.2) is 35.4 Å². The average Bonchev–Trinajstić information content (AvgIpc) is 2.70. The van der Waals surface area contributed by atoms with Gasteiger partial charge in [-0.2, -0.15) is 10.1 Å². The predicted octanol–water partition coefficient (Wildman–Crippen LogP) is 3.84. The molecule has 0 spiro atoms. The molecular formula is C20H22ClN5O. The third kappa shape index (κ3) is 6.11. The molecule has 6 nitrogen and oxygen atoms in total. The number of nitrogens with zero attached hydrogens (tertiary/aromatic N) is 3. The Bertz CT molecular complexity index is 840. The summed E-state index contributed by atoms with van der Waals surface area (Å²) in [5.74, 6) is 2.07. The van der Waals surface area contributed by atoms with Gasteiger partial charge in [-0.3, -0.25) is 0 Å². The predicted molar refractivity (Wildman–Crippen MR) is 109 cm³/mol. The number of rotatable bonds is 9. The van der Waals surface area contributed by atoms with Crippen LogP contribution in [0.1, 0.15) is 11.1 Å². The Kier molecular flexibility index (Phi) is 6.82. The van der Waals surface area contributed by atoms with Crippen molar-refractivity contribution in [1.82, 2.24) is 15.2 Å². The lowest BCUT2D eigenvalue weighted by atomic mass is 10.1. The Labute approximate surface area is 164 Å². The highest BCUT2D eigenvalue weighted by molar-refractivity contribution is 6.30. The molecule has 0 fully saturated rings. The minimum absolute atomic E-state index is 0.514. The lowest BCUT2D eigenvalue weighted by Crippen LogP contribution is -2.12. The van der Waals surface area contributed by atoms with Crippen molar-refractivity contribution in [3.63, 3.8) is 0 Å². The largest absolute Gasteiger partial charge is 0.497 e. The molecule has 3 aromatic rings. The maximum absolute atomic E-state index is 5.90. The SMILES string of the molecule is COc1ccc(CCNc2nncc(NCCc3ccc(Cl)cc3)n2)cc1. The van der Waals surface area contributed by atoms with Crippen LogP contribution < -0.4 is 15.4 Å². The van der Waals surface area contributed by atoms with E-state index in [1.54, 1.807) is 13.3 Å². The van der Waals surface area contributed by atoms with Crippen molar-refractivity contribution in [2.45, 2.75) is 12.8 Å². The van der Waals surface area contributed by atoms with Gasteiger partial charge in [-0.1, -0.05) is 35.9 Å². The van der Waals surface area contributed by atoms with Gasteiger partial charge in [0.25, 0.3) is 0 Å². The highest BCUT2D eigenvalue weighted by atomic mass is 35.5. The van der Waals surface area contributed by atoms with Crippen LogP contribution in [0.15, 0.2) is 54.7 Å². The third-order valence-electron chi connectivity index (χ3n) is 4.05. The molecule has 0 aliphatic rings. The molecule has 0 saturated heterocycles. The van der Waals surface area contributed by atoms with Crippen LogP contribution in [0.4, 0.5) is 11.8 Å². The van der Waals surface area contributed by atoms with E-state index in [4.69, 9.17) is 16.3 Å². The van der Waals surface area contributed by atoms with Crippen LogP contribution >= 0.6 is 11.6 Å². The zero-order chi connectivity index (χ0) is 18.9. The maximum Gasteiger partial charge on any atom is 0.244 e. The van der Waals surface area contributed by atoms with Gasteiger partial charge in [0.05, 0.1) is 13.3 Å². The van der Waals surface area contributed by atoms with Gasteiger partial charge in [-0.15, -0.1) is 5.10 Å². The number of aromatic nitrogens is 3. The molecule has 0 aliphatic carbocycles. The van der Waals surface area contributed by atoms with Crippen LogP contribution in [0.5, 0.6) is 5.75 Å². The molecule has 2 N–H and O–H groups in total. The van der Waals surface area contributed by atoms with E-state index in [0.29, 0.717) is 11.8 Å². The fraction of sp³-hybridized carbons (Fsp3) is 0.250. The number of hydrogen-bond donors (Lipinski definition) is 2. The van der Waals surface area contributed by atoms with Gasteiger partial charge < -0.3 is 15.4 Å². The summed E-state index contributed by atoms with van der Waals surface area (Å²) >= 11 is 5.90. The number of halogens is 1. The molecular weight excluding hydrogens is 362 g/mol. The number of benzene rings is 2. The van der Waals surface area contributed by atoms with Crippen LogP contribution in [0.2, 0.25) is 5.02 Å². The summed E-state index contributed by atoms with van der Waals surface area (Å²) in [6, 6.07) is 15.9. The van der Waals surface area contributed by atoms with Crippen LogP contribution in [0.25, 0.3) is 0 Å². The highest BCUT2D eigenvalue weighted by Gasteiger charge is 2.01. The Morgan fingerprint density at radius 2 is 1.52 bits per heavy atom. The standard InChI is InChI=1S/C20H22ClN5O/c1-27-18-8-4-16(5-9-18)11-13-23-20-25-19(14-24-26-20)22-12-10-15-2-6-17(21)7-3-15/h2-9,14H,10-13H2,1H3,(H2,22,23,25,26). The van der Waals surface area contributed by atoms with Gasteiger partial charge in [-0.25, -0.2) is 0 Å². The van der Waals surface area contributed by atoms with Crippen molar-refractivity contribution in [2.24, 2.45) is 0 Å². The summed E-state index contributed by atoms with van der Waals surface area (Å²) in [6.07, 6.45) is 3.36. The van der Waals surface area contributed by atoms with E-state index in [-0.39, 0.29) is 0 Å². The second kappa shape index (κ2) is 9.73. The van der Waals surface area contributed by atoms with Crippen LogP contribution in [0, 0.1) is 0 Å². The van der Waals surface area contributed by atoms with Crippen LogP contribution in [-0.2, 0) is 12.8 Å². The summed E-state index contributed by atoms with van der Waals surface area (Å²) in [7, 11) is 1.66. The molecule has 0 amide bonds. The minimum atomic E-state index is 0.514. The quantitative estimate of drug-likeness (QED) is 0.585. The first kappa shape index (κ1) is 18.9. The van der Waals surface area contributed by atoms with E-state index < -0.39 is 0 Å². The topological polar surface area (TPSA) is 72.0 Å². The van der Waals surface area contributed by atoms with Gasteiger partial charge in [0, 0.05) is 18.1 Å². The summed E-state index contributed by atoms with van der Waals surface area (Å²) in [4.78, 5) is 4.44. The third-order valence-corrected chi connectivity index (χ3v) is 4.30. The molecule has 0 aliphatic heterocycles. The second-order valence-corrected chi connectivity index (χ2v) is 6.43. The molecule has 0 bridgehead atoms. The summed E-state index contributed by atoms with van der Waals surface area (Å²) < 4.78 is 5.17. The van der Waals surface area contributed by atoms with Crippen molar-refractivity contribution in [2.75, 3.05) is 30.8 Å². The van der Waals surface area contributed by atoms with Gasteiger partial charge >= 0.3 is 0 Å². The van der Waals surface area contributed by atoms with E-state index >= 15 is 0 Å². The molecule has 7 heteroatoms. The normalized spacial score (nSPS) is 10.4. The van der Waals surface area contributed by atoms with Crippen molar-refractivity contribution in [3.8, 4) is 5.75 Å². The Hall–Kier alpha value is -2.86. The Morgan fingerprint density at radius 3 is 2.19 bits per heavy atom. The van der Waals surface area contributed by atoms with E-state index in [2.05, 4.69) is 25.8 Å². The highest BCUT2D eigenvalue weighted by Crippen LogP contribution is 2.12. The van der Waals surface area contributed by atoms with Crippen LogP contribution in [0.3, 0.4) is 0 Å². The van der Waals surface area contributed by atoms with Crippen molar-refractivity contribution in [3.05, 3.63) is 70.9 Å². The molecule has 3 rings (SSSR count). The summed E-state index contributed by atoms with van der Waals surface area (Å²) in [5.41, 5.74) is 2.43. The molecule has 2 aromatic carbocycles. The lowest BCUT2D eigenvalue weighted by molar-refractivity contribution is 0.414. The van der Waals surface area contributed by atoms with E-state index in [0.717, 1.165) is 36.7 Å². The van der Waals surface area contributed by atoms with Gasteiger partial charge in [0.1, 0.15) is 5.75 Å². The second-order valence-electron chi connectivity index (χ2n) is 5.99. The number of methoxy groups -OCH3 is 1. The first-order chi connectivity index (χ1) is 13.2. The van der Waals surface area contributed by atoms with Gasteiger partial charge in [-0.05, 0) is 48.2 Å². The molecule has 0 saturated carbocycles. The van der Waals surface area contributed by atoms with Crippen molar-refractivity contribution < 1.29 is 4.74 Å². The Morgan fingerprint density at radius 1 is 0.889 bits per heavy atom. The monoisotopic (exact) mass is 383 g/mol. The first-order valence-corrected chi connectivity index (χ1v) is 9.15. The molecule has 0 unspecified atom stereocenters. The average molecular weight is 384 g/mol. The molecule has 1 aromatic heterocycles. The smallest absolute Gasteiger partial charge is 0.244 e. The molecule has 140 valence electrons. The number of anilines is 2. The van der Waals surface area contributed by atoms with Crippen molar-refractivity contribution >= 4 is 23.4 Å². The fourth-order valence-corrected chi connectivity index (χ4v) is 2.69. The van der Waals surface area contributed by atoms with Gasteiger partial charge in [0.2, 0.25) is 5.95 Å². The zero-order valence-corrected chi connectivity index (χ0v) is 15.9. The van der Waals surface area contributed by atoms with E-state index in [1.165, 1.54) is 11.1 Å². The van der Waals surface area contributed by atoms with Gasteiger partial charge in [0.15, 0.2) is 5.82 Å². The minimum Gasteiger partial charge on any atom is -0.497 e. The molecule has 1 heterocycles. The van der Waals surface area contributed by atoms with E-state index in [9.17, 15) is 0 Å². The lowest BCUT2D eigenvalue weighted by Gasteiger charge is -2.08. The number of nitrogens with one attached hydrogen (secondary N) is 2. The number of ether oxygens (including phenoxy) is 1. The maximum atomic E-state index is 5.90. The molecule has 0 radical (unpaired) electrons. The fourth-order valence-electron chi connectivity index (χ4n) is 2.56. The summed E-state index contributed by atoms with van der Waals surface area (Å²) in [5, 5.41) is 15.2. The first-order valence-electron chi connectivity index (χ1n) is 8.78. The number of hydrogen-bond acceptors (Lipinski definition) is 6. The molecule has 0 atom stereocenters.